The highest BCUT2D eigenvalue weighted by Crippen LogP contribution is 2.37. The minimum absolute atomic E-state index is 0.134. The number of methoxy groups -OCH3 is 1. The van der Waals surface area contributed by atoms with Crippen LogP contribution in [0.4, 0.5) is 5.00 Å². The first-order valence-electron chi connectivity index (χ1n) is 9.59. The monoisotopic (exact) mass is 466 g/mol. The van der Waals surface area contributed by atoms with E-state index in [-0.39, 0.29) is 17.7 Å². The number of nitriles is 1. The summed E-state index contributed by atoms with van der Waals surface area (Å²) in [5.41, 5.74) is 2.03. The fourth-order valence-corrected chi connectivity index (χ4v) is 4.04. The first kappa shape index (κ1) is 23.1. The second-order valence-corrected chi connectivity index (χ2v) is 7.76. The van der Waals surface area contributed by atoms with Gasteiger partial charge < -0.3 is 14.8 Å². The largest absolute Gasteiger partial charge is 0.496 e. The molecule has 0 aliphatic heterocycles. The van der Waals surface area contributed by atoms with Gasteiger partial charge in [-0.2, -0.15) is 5.26 Å². The lowest BCUT2D eigenvalue weighted by atomic mass is 10.0. The van der Waals surface area contributed by atoms with Crippen molar-refractivity contribution in [1.29, 1.82) is 5.26 Å². The van der Waals surface area contributed by atoms with Crippen molar-refractivity contribution in [2.24, 2.45) is 0 Å². The Morgan fingerprint density at radius 3 is 2.56 bits per heavy atom. The molecule has 162 valence electrons. The number of halogens is 1. The van der Waals surface area contributed by atoms with Crippen molar-refractivity contribution in [2.45, 2.75) is 6.92 Å². The molecule has 1 heterocycles. The van der Waals surface area contributed by atoms with Gasteiger partial charge in [-0.1, -0.05) is 41.9 Å². The van der Waals surface area contributed by atoms with Crippen LogP contribution in [0.3, 0.4) is 0 Å². The van der Waals surface area contributed by atoms with Gasteiger partial charge in [0.05, 0.1) is 13.7 Å². The van der Waals surface area contributed by atoms with E-state index in [1.165, 1.54) is 24.5 Å². The lowest BCUT2D eigenvalue weighted by molar-refractivity contribution is -0.112. The van der Waals surface area contributed by atoms with Gasteiger partial charge in [0.15, 0.2) is 0 Å². The maximum absolute atomic E-state index is 12.9. The first-order valence-corrected chi connectivity index (χ1v) is 10.8. The summed E-state index contributed by atoms with van der Waals surface area (Å²) in [5, 5.41) is 14.8. The number of ether oxygens (including phenoxy) is 2. The SMILES string of the molecule is CCOC(=O)c1c(-c2ccc(Cl)cc2)csc1NC(=O)/C(C#N)=C/c1ccccc1OC. The summed E-state index contributed by atoms with van der Waals surface area (Å²) >= 11 is 7.14. The van der Waals surface area contributed by atoms with Crippen LogP contribution in [0.1, 0.15) is 22.8 Å². The summed E-state index contributed by atoms with van der Waals surface area (Å²) < 4.78 is 10.5. The Morgan fingerprint density at radius 2 is 1.91 bits per heavy atom. The minimum Gasteiger partial charge on any atom is -0.496 e. The van der Waals surface area contributed by atoms with Gasteiger partial charge in [0.1, 0.15) is 28.0 Å². The molecule has 0 bridgehead atoms. The molecule has 0 saturated heterocycles. The van der Waals surface area contributed by atoms with Gasteiger partial charge in [-0.15, -0.1) is 11.3 Å². The summed E-state index contributed by atoms with van der Waals surface area (Å²) in [6.45, 7) is 1.88. The molecule has 0 fully saturated rings. The summed E-state index contributed by atoms with van der Waals surface area (Å²) in [6.07, 6.45) is 1.44. The first-order chi connectivity index (χ1) is 15.5. The second kappa shape index (κ2) is 10.6. The van der Waals surface area contributed by atoms with E-state index in [0.717, 1.165) is 5.56 Å². The second-order valence-electron chi connectivity index (χ2n) is 6.45. The third kappa shape index (κ3) is 5.17. The number of hydrogen-bond acceptors (Lipinski definition) is 6. The molecule has 8 heteroatoms. The van der Waals surface area contributed by atoms with Crippen LogP contribution in [0.25, 0.3) is 17.2 Å². The number of carbonyl (C=O) groups excluding carboxylic acids is 2. The maximum Gasteiger partial charge on any atom is 0.341 e. The number of benzene rings is 2. The fourth-order valence-electron chi connectivity index (χ4n) is 2.96. The number of carbonyl (C=O) groups is 2. The predicted octanol–water partition coefficient (Wildman–Crippen LogP) is 5.80. The molecule has 0 spiro atoms. The zero-order valence-electron chi connectivity index (χ0n) is 17.3. The average molecular weight is 467 g/mol. The van der Waals surface area contributed by atoms with Crippen LogP contribution in [-0.4, -0.2) is 25.6 Å². The molecule has 3 aromatic rings. The van der Waals surface area contributed by atoms with Crippen molar-refractivity contribution in [3.8, 4) is 22.9 Å². The number of rotatable bonds is 7. The van der Waals surface area contributed by atoms with Gasteiger partial charge in [0.2, 0.25) is 0 Å². The quantitative estimate of drug-likeness (QED) is 0.270. The Kier molecular flexibility index (Phi) is 7.66. The molecule has 0 atom stereocenters. The predicted molar refractivity (Wildman–Crippen MR) is 126 cm³/mol. The van der Waals surface area contributed by atoms with E-state index < -0.39 is 11.9 Å². The highest BCUT2D eigenvalue weighted by atomic mass is 35.5. The topological polar surface area (TPSA) is 88.4 Å². The Hall–Kier alpha value is -3.60. The Labute approximate surface area is 194 Å². The van der Waals surface area contributed by atoms with E-state index in [9.17, 15) is 14.9 Å². The number of amides is 1. The Morgan fingerprint density at radius 1 is 1.19 bits per heavy atom. The molecule has 0 aliphatic carbocycles. The molecule has 6 nitrogen and oxygen atoms in total. The van der Waals surface area contributed by atoms with Crippen molar-refractivity contribution in [1.82, 2.24) is 0 Å². The number of nitrogens with one attached hydrogen (secondary N) is 1. The van der Waals surface area contributed by atoms with Crippen LogP contribution in [-0.2, 0) is 9.53 Å². The molecule has 0 unspecified atom stereocenters. The number of esters is 1. The van der Waals surface area contributed by atoms with Crippen molar-refractivity contribution in [3.63, 3.8) is 0 Å². The molecule has 2 aromatic carbocycles. The van der Waals surface area contributed by atoms with E-state index in [1.807, 2.05) is 6.07 Å². The van der Waals surface area contributed by atoms with Crippen molar-refractivity contribution < 1.29 is 19.1 Å². The molecular formula is C24H19ClN2O4S. The van der Waals surface area contributed by atoms with Crippen LogP contribution in [0.5, 0.6) is 5.75 Å². The van der Waals surface area contributed by atoms with Crippen LogP contribution < -0.4 is 10.1 Å². The average Bonchev–Trinajstić information content (AvgIpc) is 3.21. The van der Waals surface area contributed by atoms with E-state index in [0.29, 0.717) is 26.9 Å². The Bertz CT molecular complexity index is 1210. The van der Waals surface area contributed by atoms with Gasteiger partial charge in [0.25, 0.3) is 5.91 Å². The van der Waals surface area contributed by atoms with E-state index in [4.69, 9.17) is 21.1 Å². The van der Waals surface area contributed by atoms with Crippen LogP contribution in [0, 0.1) is 11.3 Å². The Balaban J connectivity index is 1.97. The summed E-state index contributed by atoms with van der Waals surface area (Å²) in [6, 6.07) is 15.9. The zero-order valence-corrected chi connectivity index (χ0v) is 18.9. The molecule has 32 heavy (non-hydrogen) atoms. The van der Waals surface area contributed by atoms with Gasteiger partial charge in [-0.25, -0.2) is 4.79 Å². The van der Waals surface area contributed by atoms with Crippen molar-refractivity contribution in [3.05, 3.63) is 75.6 Å². The van der Waals surface area contributed by atoms with E-state index in [1.54, 1.807) is 60.8 Å². The molecule has 1 N–H and O–H groups in total. The van der Waals surface area contributed by atoms with Crippen LogP contribution in [0.15, 0.2) is 59.5 Å². The maximum atomic E-state index is 12.9. The molecule has 3 rings (SSSR count). The number of thiophene rings is 1. The van der Waals surface area contributed by atoms with Gasteiger partial charge in [-0.05, 0) is 36.8 Å². The van der Waals surface area contributed by atoms with E-state index >= 15 is 0 Å². The third-order valence-electron chi connectivity index (χ3n) is 4.46. The molecule has 0 radical (unpaired) electrons. The summed E-state index contributed by atoms with van der Waals surface area (Å²) in [7, 11) is 1.51. The number of hydrogen-bond donors (Lipinski definition) is 1. The van der Waals surface area contributed by atoms with E-state index in [2.05, 4.69) is 5.32 Å². The molecule has 1 amide bonds. The van der Waals surface area contributed by atoms with Gasteiger partial charge >= 0.3 is 5.97 Å². The number of nitrogens with zero attached hydrogens (tertiary/aromatic N) is 1. The molecular weight excluding hydrogens is 448 g/mol. The number of para-hydroxylation sites is 1. The lowest BCUT2D eigenvalue weighted by Crippen LogP contribution is -2.16. The highest BCUT2D eigenvalue weighted by Gasteiger charge is 2.24. The molecule has 0 saturated carbocycles. The molecule has 0 aliphatic rings. The zero-order chi connectivity index (χ0) is 23.1. The standard InChI is InChI=1S/C24H19ClN2O4S/c1-3-31-24(29)21-19(15-8-10-18(25)11-9-15)14-32-23(21)27-22(28)17(13-26)12-16-6-4-5-7-20(16)30-2/h4-12,14H,3H2,1-2H3,(H,27,28)/b17-12+. The summed E-state index contributed by atoms with van der Waals surface area (Å²) in [4.78, 5) is 25.6. The van der Waals surface area contributed by atoms with Gasteiger partial charge in [-0.3, -0.25) is 4.79 Å². The lowest BCUT2D eigenvalue weighted by Gasteiger charge is -2.09. The fraction of sp³-hybridized carbons (Fsp3) is 0.125. The van der Waals surface area contributed by atoms with Crippen LogP contribution >= 0.6 is 22.9 Å². The van der Waals surface area contributed by atoms with Crippen molar-refractivity contribution in [2.75, 3.05) is 19.0 Å². The van der Waals surface area contributed by atoms with Crippen molar-refractivity contribution >= 4 is 45.9 Å². The number of anilines is 1. The van der Waals surface area contributed by atoms with Crippen LogP contribution in [0.2, 0.25) is 5.02 Å². The smallest absolute Gasteiger partial charge is 0.341 e. The summed E-state index contributed by atoms with van der Waals surface area (Å²) in [5.74, 6) is -0.684. The normalized spacial score (nSPS) is 10.9. The van der Waals surface area contributed by atoms with Gasteiger partial charge in [0, 0.05) is 21.5 Å². The highest BCUT2D eigenvalue weighted by molar-refractivity contribution is 7.15. The third-order valence-corrected chi connectivity index (χ3v) is 5.60. The molecule has 1 aromatic heterocycles. The minimum atomic E-state index is -0.645.